The Kier molecular flexibility index (Phi) is 7.08. The number of ether oxygens (including phenoxy) is 1. The summed E-state index contributed by atoms with van der Waals surface area (Å²) in [4.78, 5) is 0. The third-order valence-corrected chi connectivity index (χ3v) is 4.78. The van der Waals surface area contributed by atoms with Crippen LogP contribution in [0.5, 0.6) is 5.75 Å². The lowest BCUT2D eigenvalue weighted by Gasteiger charge is -2.25. The van der Waals surface area contributed by atoms with Gasteiger partial charge in [-0.15, -0.1) is 0 Å². The molecule has 2 heteroatoms. The summed E-state index contributed by atoms with van der Waals surface area (Å²) in [6.07, 6.45) is 11.1. The summed E-state index contributed by atoms with van der Waals surface area (Å²) in [5.74, 6) is 1.93. The highest BCUT2D eigenvalue weighted by molar-refractivity contribution is 5.27. The van der Waals surface area contributed by atoms with Crippen LogP contribution in [0.4, 0.5) is 0 Å². The van der Waals surface area contributed by atoms with Crippen LogP contribution in [0.1, 0.15) is 57.4 Å². The number of benzene rings is 1. The molecule has 0 radical (unpaired) electrons. The van der Waals surface area contributed by atoms with Gasteiger partial charge in [0.05, 0.1) is 7.11 Å². The zero-order valence-corrected chi connectivity index (χ0v) is 13.7. The lowest BCUT2D eigenvalue weighted by molar-refractivity contribution is 0.313. The van der Waals surface area contributed by atoms with Gasteiger partial charge in [-0.2, -0.15) is 0 Å². The van der Waals surface area contributed by atoms with E-state index in [0.29, 0.717) is 6.04 Å². The first-order valence-corrected chi connectivity index (χ1v) is 8.68. The molecule has 1 aliphatic rings. The number of hydrogen-bond donors (Lipinski definition) is 1. The molecule has 0 aliphatic heterocycles. The molecule has 118 valence electrons. The minimum Gasteiger partial charge on any atom is -0.497 e. The van der Waals surface area contributed by atoms with E-state index in [1.165, 1.54) is 50.5 Å². The van der Waals surface area contributed by atoms with Crippen molar-refractivity contribution in [3.8, 4) is 5.75 Å². The smallest absolute Gasteiger partial charge is 0.118 e. The number of likely N-dealkylation sites (N-methyl/N-ethyl adjacent to an activating group) is 1. The number of nitrogens with one attached hydrogen (secondary N) is 1. The van der Waals surface area contributed by atoms with Crippen molar-refractivity contribution in [3.05, 3.63) is 29.8 Å². The summed E-state index contributed by atoms with van der Waals surface area (Å²) in [5, 5.41) is 3.67. The second-order valence-electron chi connectivity index (χ2n) is 6.39. The molecule has 0 saturated heterocycles. The van der Waals surface area contributed by atoms with Crippen LogP contribution in [0.3, 0.4) is 0 Å². The highest BCUT2D eigenvalue weighted by atomic mass is 16.5. The molecule has 21 heavy (non-hydrogen) atoms. The summed E-state index contributed by atoms with van der Waals surface area (Å²) >= 11 is 0. The van der Waals surface area contributed by atoms with Crippen molar-refractivity contribution in [2.45, 2.75) is 64.3 Å². The first kappa shape index (κ1) is 16.4. The molecule has 1 aliphatic carbocycles. The van der Waals surface area contributed by atoms with Crippen LogP contribution in [-0.2, 0) is 6.42 Å². The van der Waals surface area contributed by atoms with E-state index in [9.17, 15) is 0 Å². The molecule has 2 rings (SSSR count). The van der Waals surface area contributed by atoms with Crippen molar-refractivity contribution in [2.75, 3.05) is 13.7 Å². The standard InChI is InChI=1S/C19H31NO/c1-3-20-18(12-9-16-7-5-4-6-8-16)15-17-10-13-19(21-2)14-11-17/h10-11,13-14,16,18,20H,3-9,12,15H2,1-2H3. The topological polar surface area (TPSA) is 21.3 Å². The highest BCUT2D eigenvalue weighted by Gasteiger charge is 2.16. The fourth-order valence-corrected chi connectivity index (χ4v) is 3.52. The third-order valence-electron chi connectivity index (χ3n) is 4.78. The Bertz CT molecular complexity index is 381. The molecule has 0 amide bonds. The molecule has 0 aromatic heterocycles. The van der Waals surface area contributed by atoms with Crippen LogP contribution in [0.25, 0.3) is 0 Å². The van der Waals surface area contributed by atoms with Gasteiger partial charge in [0.2, 0.25) is 0 Å². The molecule has 1 saturated carbocycles. The maximum Gasteiger partial charge on any atom is 0.118 e. The Morgan fingerprint density at radius 3 is 2.48 bits per heavy atom. The molecule has 1 atom stereocenters. The first-order valence-electron chi connectivity index (χ1n) is 8.68. The van der Waals surface area contributed by atoms with E-state index in [-0.39, 0.29) is 0 Å². The van der Waals surface area contributed by atoms with Crippen molar-refractivity contribution < 1.29 is 4.74 Å². The summed E-state index contributed by atoms with van der Waals surface area (Å²) in [7, 11) is 1.72. The summed E-state index contributed by atoms with van der Waals surface area (Å²) < 4.78 is 5.23. The Morgan fingerprint density at radius 1 is 1.14 bits per heavy atom. The zero-order valence-electron chi connectivity index (χ0n) is 13.7. The van der Waals surface area contributed by atoms with Crippen LogP contribution in [0.2, 0.25) is 0 Å². The average Bonchev–Trinajstić information content (AvgIpc) is 2.54. The van der Waals surface area contributed by atoms with Gasteiger partial charge in [0, 0.05) is 6.04 Å². The quantitative estimate of drug-likeness (QED) is 0.756. The predicted octanol–water partition coefficient (Wildman–Crippen LogP) is 4.58. The highest BCUT2D eigenvalue weighted by Crippen LogP contribution is 2.28. The molecule has 1 unspecified atom stereocenters. The van der Waals surface area contributed by atoms with Gasteiger partial charge >= 0.3 is 0 Å². The van der Waals surface area contributed by atoms with Crippen LogP contribution in [0.15, 0.2) is 24.3 Å². The van der Waals surface area contributed by atoms with Crippen molar-refractivity contribution in [1.29, 1.82) is 0 Å². The van der Waals surface area contributed by atoms with Crippen LogP contribution in [-0.4, -0.2) is 19.7 Å². The average molecular weight is 289 g/mol. The van der Waals surface area contributed by atoms with E-state index in [0.717, 1.165) is 24.6 Å². The molecule has 1 aromatic rings. The van der Waals surface area contributed by atoms with E-state index in [4.69, 9.17) is 4.74 Å². The van der Waals surface area contributed by atoms with E-state index < -0.39 is 0 Å². The molecule has 2 nitrogen and oxygen atoms in total. The predicted molar refractivity (Wildman–Crippen MR) is 90.0 cm³/mol. The molecule has 0 bridgehead atoms. The largest absolute Gasteiger partial charge is 0.497 e. The molecular formula is C19H31NO. The van der Waals surface area contributed by atoms with E-state index >= 15 is 0 Å². The SMILES string of the molecule is CCNC(CCC1CCCCC1)Cc1ccc(OC)cc1. The van der Waals surface area contributed by atoms with Gasteiger partial charge < -0.3 is 10.1 Å². The van der Waals surface area contributed by atoms with Gasteiger partial charge in [0.15, 0.2) is 0 Å². The molecule has 0 spiro atoms. The van der Waals surface area contributed by atoms with Crippen molar-refractivity contribution in [2.24, 2.45) is 5.92 Å². The second-order valence-corrected chi connectivity index (χ2v) is 6.39. The van der Waals surface area contributed by atoms with Gasteiger partial charge in [-0.25, -0.2) is 0 Å². The summed E-state index contributed by atoms with van der Waals surface area (Å²) in [5.41, 5.74) is 1.41. The number of rotatable bonds is 8. The Balaban J connectivity index is 1.82. The van der Waals surface area contributed by atoms with E-state index in [1.807, 2.05) is 0 Å². The van der Waals surface area contributed by atoms with Crippen molar-refractivity contribution in [1.82, 2.24) is 5.32 Å². The first-order chi connectivity index (χ1) is 10.3. The van der Waals surface area contributed by atoms with Crippen molar-refractivity contribution in [3.63, 3.8) is 0 Å². The van der Waals surface area contributed by atoms with Gasteiger partial charge in [-0.05, 0) is 49.4 Å². The monoisotopic (exact) mass is 289 g/mol. The minimum absolute atomic E-state index is 0.616. The molecule has 1 N–H and O–H groups in total. The van der Waals surface area contributed by atoms with E-state index in [2.05, 4.69) is 36.5 Å². The van der Waals surface area contributed by atoms with Crippen LogP contribution < -0.4 is 10.1 Å². The third kappa shape index (κ3) is 5.70. The van der Waals surface area contributed by atoms with E-state index in [1.54, 1.807) is 7.11 Å². The molecule has 0 heterocycles. The lowest BCUT2D eigenvalue weighted by atomic mass is 9.84. The Hall–Kier alpha value is -1.02. The normalized spacial score (nSPS) is 17.6. The van der Waals surface area contributed by atoms with Crippen LogP contribution in [0, 0.1) is 5.92 Å². The lowest BCUT2D eigenvalue weighted by Crippen LogP contribution is -2.31. The van der Waals surface area contributed by atoms with Crippen molar-refractivity contribution >= 4 is 0 Å². The molecule has 1 aromatic carbocycles. The summed E-state index contributed by atoms with van der Waals surface area (Å²) in [6, 6.07) is 9.15. The molecule has 1 fully saturated rings. The van der Waals surface area contributed by atoms with Crippen LogP contribution >= 0.6 is 0 Å². The van der Waals surface area contributed by atoms with Gasteiger partial charge in [0.1, 0.15) is 5.75 Å². The maximum absolute atomic E-state index is 5.23. The Labute approximate surface area is 130 Å². The summed E-state index contributed by atoms with van der Waals surface area (Å²) in [6.45, 7) is 3.27. The fraction of sp³-hybridized carbons (Fsp3) is 0.684. The maximum atomic E-state index is 5.23. The van der Waals surface area contributed by atoms with Gasteiger partial charge in [0.25, 0.3) is 0 Å². The fourth-order valence-electron chi connectivity index (χ4n) is 3.52. The van der Waals surface area contributed by atoms with Gasteiger partial charge in [-0.3, -0.25) is 0 Å². The van der Waals surface area contributed by atoms with Gasteiger partial charge in [-0.1, -0.05) is 51.2 Å². The zero-order chi connectivity index (χ0) is 14.9. The minimum atomic E-state index is 0.616. The number of hydrogen-bond acceptors (Lipinski definition) is 2. The second kappa shape index (κ2) is 9.09. The number of methoxy groups -OCH3 is 1. The Morgan fingerprint density at radius 2 is 1.86 bits per heavy atom. The molecular weight excluding hydrogens is 258 g/mol.